The van der Waals surface area contributed by atoms with E-state index in [0.717, 1.165) is 0 Å². The molecule has 45 heavy (non-hydrogen) atoms. The van der Waals surface area contributed by atoms with Crippen LogP contribution in [0.15, 0.2) is 147 Å². The molecule has 8 rings (SSSR count). The van der Waals surface area contributed by atoms with Crippen LogP contribution in [0.1, 0.15) is 0 Å². The third-order valence-electron chi connectivity index (χ3n) is 6.92. The second-order valence-corrected chi connectivity index (χ2v) is 14.2. The lowest BCUT2D eigenvalue weighted by Crippen LogP contribution is -1.98. The summed E-state index contributed by atoms with van der Waals surface area (Å²) < 4.78 is 13.5. The molecule has 0 unspecified atom stereocenters. The second-order valence-electron chi connectivity index (χ2n) is 9.64. The summed E-state index contributed by atoms with van der Waals surface area (Å²) in [6.45, 7) is 0. The van der Waals surface area contributed by atoms with E-state index in [-0.39, 0.29) is 5.48 Å². The molecule has 0 spiro atoms. The van der Waals surface area contributed by atoms with Gasteiger partial charge in [0.05, 0.1) is 5.75 Å². The molecule has 0 bridgehead atoms. The van der Waals surface area contributed by atoms with Gasteiger partial charge in [-0.05, 0) is 89.2 Å². The average Bonchev–Trinajstić information content (AvgIpc) is 3.64. The van der Waals surface area contributed by atoms with Crippen LogP contribution in [0.3, 0.4) is 0 Å². The van der Waals surface area contributed by atoms with E-state index in [9.17, 15) is 0 Å². The molecular weight excluding hydrogens is 795 g/mol. The van der Waals surface area contributed by atoms with Crippen molar-refractivity contribution in [3.05, 3.63) is 147 Å². The van der Waals surface area contributed by atoms with Gasteiger partial charge < -0.3 is 15.2 Å². The van der Waals surface area contributed by atoms with E-state index < -0.39 is 0 Å². The number of hydrogen-bond acceptors (Lipinski definition) is 4. The fraction of sp³-hybridized carbons (Fsp3) is 0. The fourth-order valence-corrected chi connectivity index (χ4v) is 9.12. The first-order valence-electron chi connectivity index (χ1n) is 13.6. The van der Waals surface area contributed by atoms with Crippen LogP contribution in [0.2, 0.25) is 0 Å². The van der Waals surface area contributed by atoms with E-state index in [2.05, 4.69) is 156 Å². The van der Waals surface area contributed by atoms with Gasteiger partial charge in [-0.25, -0.2) is 0 Å². The lowest BCUT2D eigenvalue weighted by molar-refractivity contribution is 0.454. The number of hydrogen-bond donors (Lipinski definition) is 1. The molecule has 0 fully saturated rings. The van der Waals surface area contributed by atoms with Gasteiger partial charge in [-0.15, -0.1) is 22.7 Å². The van der Waals surface area contributed by atoms with Gasteiger partial charge >= 0.3 is 7.69 Å². The van der Waals surface area contributed by atoms with Crippen molar-refractivity contribution in [3.63, 3.8) is 0 Å². The summed E-state index contributed by atoms with van der Waals surface area (Å²) in [4.78, 5) is 0. The Kier molecular flexibility index (Phi) is 11.5. The van der Waals surface area contributed by atoms with Crippen LogP contribution in [-0.4, -0.2) is 18.2 Å². The number of para-hydroxylation sites is 1. The minimum atomic E-state index is 0. The molecule has 0 atom stereocenters. The maximum absolute atomic E-state index is 8.17. The molecule has 6 aromatic carbocycles. The molecule has 9 heteroatoms. The summed E-state index contributed by atoms with van der Waals surface area (Å²) in [6, 6.07) is 45.3. The zero-order valence-electron chi connectivity index (χ0n) is 23.6. The maximum atomic E-state index is 8.17. The molecule has 1 radical (unpaired) electrons. The van der Waals surface area contributed by atoms with Crippen molar-refractivity contribution >= 4 is 118 Å². The van der Waals surface area contributed by atoms with E-state index in [1.807, 2.05) is 40.9 Å². The number of rotatable bonds is 3. The van der Waals surface area contributed by atoms with Gasteiger partial charge in [0, 0.05) is 53.8 Å². The fourth-order valence-electron chi connectivity index (χ4n) is 4.94. The van der Waals surface area contributed by atoms with Crippen LogP contribution >= 0.6 is 70.5 Å². The molecule has 0 aliphatic heterocycles. The minimum Gasteiger partial charge on any atom is -0.537 e. The van der Waals surface area contributed by atoms with Crippen molar-refractivity contribution in [2.45, 2.75) is 0 Å². The van der Waals surface area contributed by atoms with E-state index >= 15 is 0 Å². The van der Waals surface area contributed by atoms with Gasteiger partial charge in [0.1, 0.15) is 0 Å². The zero-order chi connectivity index (χ0) is 30.5. The molecule has 223 valence electrons. The first-order valence-corrected chi connectivity index (χ1v) is 17.6. The first kappa shape index (κ1) is 33.4. The van der Waals surface area contributed by atoms with E-state index in [1.165, 1.54) is 64.9 Å². The quantitative estimate of drug-likeness (QED) is 0.181. The molecule has 3 N–H and O–H groups in total. The molecule has 2 heterocycles. The largest absolute Gasteiger partial charge is 0.569 e. The van der Waals surface area contributed by atoms with Crippen molar-refractivity contribution in [3.8, 4) is 16.9 Å². The standard InChI is InChI=1S/C18H11BrS.C12H6Br2S.C6H6BO2.H2O/c19-16-11-5-10-15-14-9-4-8-13(17(14)20-18(15)16)12-6-2-1-3-7-12;13-9-5-1-3-7-8-4-2-6-10(14)12(8)15-11(7)9;8-7-9-6-4-2-1-3-5-6;/h1-11H;1-6H;1-5,8H;1H2. The predicted molar refractivity (Wildman–Crippen MR) is 206 cm³/mol. The van der Waals surface area contributed by atoms with Crippen LogP contribution in [0.4, 0.5) is 0 Å². The van der Waals surface area contributed by atoms with Crippen molar-refractivity contribution in [2.75, 3.05) is 0 Å². The van der Waals surface area contributed by atoms with Crippen molar-refractivity contribution in [2.24, 2.45) is 0 Å². The first-order chi connectivity index (χ1) is 21.5. The van der Waals surface area contributed by atoms with Crippen LogP contribution in [0.5, 0.6) is 5.75 Å². The second kappa shape index (κ2) is 15.5. The molecule has 0 amide bonds. The summed E-state index contributed by atoms with van der Waals surface area (Å²) >= 11 is 14.5. The molecule has 2 aromatic heterocycles. The Labute approximate surface area is 295 Å². The highest BCUT2D eigenvalue weighted by atomic mass is 79.9. The summed E-state index contributed by atoms with van der Waals surface area (Å²) in [6.07, 6.45) is 0. The lowest BCUT2D eigenvalue weighted by Gasteiger charge is -2.02. The summed E-state index contributed by atoms with van der Waals surface area (Å²) in [5, 5.41) is 13.5. The molecule has 0 aliphatic carbocycles. The third kappa shape index (κ3) is 7.36. The molecule has 0 saturated carbocycles. The summed E-state index contributed by atoms with van der Waals surface area (Å²) in [5.41, 5.74) is 2.59. The predicted octanol–water partition coefficient (Wildman–Crippen LogP) is 11.8. The highest BCUT2D eigenvalue weighted by Crippen LogP contribution is 2.43. The normalized spacial score (nSPS) is 10.5. The molecule has 8 aromatic rings. The van der Waals surface area contributed by atoms with Crippen molar-refractivity contribution in [1.29, 1.82) is 0 Å². The topological polar surface area (TPSA) is 61.0 Å². The van der Waals surface area contributed by atoms with E-state index in [1.54, 1.807) is 12.1 Å². The number of benzene rings is 6. The maximum Gasteiger partial charge on any atom is 0.569 e. The lowest BCUT2D eigenvalue weighted by atomic mass is 10.0. The van der Waals surface area contributed by atoms with E-state index in [0.29, 0.717) is 13.4 Å². The van der Waals surface area contributed by atoms with E-state index in [4.69, 9.17) is 5.02 Å². The molecular formula is C36H25BBr3O3S2. The van der Waals surface area contributed by atoms with Gasteiger partial charge in [-0.3, -0.25) is 0 Å². The average molecular weight is 820 g/mol. The smallest absolute Gasteiger partial charge is 0.537 e. The van der Waals surface area contributed by atoms with Gasteiger partial charge in [-0.1, -0.05) is 103 Å². The Balaban J connectivity index is 0.000000142. The van der Waals surface area contributed by atoms with Gasteiger partial charge in [0.25, 0.3) is 0 Å². The molecule has 0 aliphatic rings. The SMILES string of the molecule is Brc1cccc2c1sc1c(-c3ccccc3)cccc12.Brc1cccc2c1sc1c(Br)cccc12.O.O[B]Oc1ccccc1. The van der Waals surface area contributed by atoms with Crippen molar-refractivity contribution in [1.82, 2.24) is 0 Å². The Morgan fingerprint density at radius 2 is 0.867 bits per heavy atom. The van der Waals surface area contributed by atoms with Crippen LogP contribution < -0.4 is 4.65 Å². The van der Waals surface area contributed by atoms with Crippen LogP contribution in [0, 0.1) is 0 Å². The van der Waals surface area contributed by atoms with Crippen LogP contribution in [-0.2, 0) is 0 Å². The number of halogens is 3. The molecule has 3 nitrogen and oxygen atoms in total. The van der Waals surface area contributed by atoms with Crippen LogP contribution in [0.25, 0.3) is 51.5 Å². The minimum absolute atomic E-state index is 0. The summed E-state index contributed by atoms with van der Waals surface area (Å²) in [7, 11) is 0.662. The Morgan fingerprint density at radius 3 is 1.33 bits per heavy atom. The Morgan fingerprint density at radius 1 is 0.467 bits per heavy atom. The summed E-state index contributed by atoms with van der Waals surface area (Å²) in [5.74, 6) is 0.639. The Hall–Kier alpha value is -3.02. The highest BCUT2D eigenvalue weighted by Gasteiger charge is 2.11. The van der Waals surface area contributed by atoms with Gasteiger partial charge in [0.2, 0.25) is 0 Å². The third-order valence-corrected chi connectivity index (χ3v) is 12.3. The zero-order valence-corrected chi connectivity index (χ0v) is 30.0. The van der Waals surface area contributed by atoms with Gasteiger partial charge in [-0.2, -0.15) is 0 Å². The molecule has 0 saturated heterocycles. The van der Waals surface area contributed by atoms with Crippen molar-refractivity contribution < 1.29 is 15.2 Å². The number of fused-ring (bicyclic) bond motifs is 6. The highest BCUT2D eigenvalue weighted by molar-refractivity contribution is 9.11. The van der Waals surface area contributed by atoms with Gasteiger partial charge in [0.15, 0.2) is 0 Å². The number of thiophene rings is 2. The Bertz CT molecular complexity index is 2130. The monoisotopic (exact) mass is 817 g/mol.